The van der Waals surface area contributed by atoms with Crippen molar-refractivity contribution in [2.45, 2.75) is 6.92 Å². The maximum absolute atomic E-state index is 11.8. The molecule has 2 amide bonds. The maximum Gasteiger partial charge on any atom is 0.321 e. The zero-order chi connectivity index (χ0) is 16.8. The molecule has 0 aliphatic carbocycles. The van der Waals surface area contributed by atoms with Crippen LogP contribution in [-0.4, -0.2) is 65.2 Å². The second-order valence-electron chi connectivity index (χ2n) is 5.55. The maximum atomic E-state index is 11.8. The van der Waals surface area contributed by atoms with E-state index in [2.05, 4.69) is 35.4 Å². The average molecular weight is 347 g/mol. The van der Waals surface area contributed by atoms with Gasteiger partial charge in [-0.3, -0.25) is 10.2 Å². The predicted molar refractivity (Wildman–Crippen MR) is 94.6 cm³/mol. The fraction of sp³-hybridized carbons (Fsp3) is 0.467. The van der Waals surface area contributed by atoms with Crippen molar-refractivity contribution in [3.05, 3.63) is 29.5 Å². The van der Waals surface area contributed by atoms with Crippen LogP contribution in [-0.2, 0) is 0 Å². The summed E-state index contributed by atoms with van der Waals surface area (Å²) in [5.41, 5.74) is 0.913. The van der Waals surface area contributed by atoms with Crippen molar-refractivity contribution in [3.63, 3.8) is 0 Å². The molecule has 1 aliphatic heterocycles. The highest BCUT2D eigenvalue weighted by molar-refractivity contribution is 7.13. The van der Waals surface area contributed by atoms with Crippen LogP contribution >= 0.6 is 11.3 Å². The van der Waals surface area contributed by atoms with Gasteiger partial charge in [-0.2, -0.15) is 0 Å². The molecule has 2 N–H and O–H groups in total. The van der Waals surface area contributed by atoms with Gasteiger partial charge in [0, 0.05) is 57.0 Å². The molecule has 8 nitrogen and oxygen atoms in total. The molecule has 0 aromatic carbocycles. The molecule has 0 saturated carbocycles. The molecule has 9 heteroatoms. The molecule has 2 aromatic heterocycles. The Kier molecular flexibility index (Phi) is 5.55. The Morgan fingerprint density at radius 3 is 2.67 bits per heavy atom. The molecule has 1 saturated heterocycles. The Labute approximate surface area is 144 Å². The van der Waals surface area contributed by atoms with Crippen molar-refractivity contribution in [2.75, 3.05) is 49.5 Å². The number of aromatic nitrogens is 3. The fourth-order valence-electron chi connectivity index (χ4n) is 2.51. The van der Waals surface area contributed by atoms with Crippen LogP contribution in [0.5, 0.6) is 0 Å². The van der Waals surface area contributed by atoms with Gasteiger partial charge in [0.25, 0.3) is 0 Å². The minimum absolute atomic E-state index is 0.208. The highest BCUT2D eigenvalue weighted by Gasteiger charge is 2.18. The highest BCUT2D eigenvalue weighted by Crippen LogP contribution is 2.13. The van der Waals surface area contributed by atoms with Crippen LogP contribution in [0.4, 0.5) is 15.9 Å². The lowest BCUT2D eigenvalue weighted by Crippen LogP contribution is -2.49. The number of thiazole rings is 1. The third-order valence-electron chi connectivity index (χ3n) is 3.76. The SMILES string of the molecule is Cc1csc(NC(=O)NCCN2CCN(c3ncccn3)CC2)n1. The van der Waals surface area contributed by atoms with Crippen molar-refractivity contribution >= 4 is 28.4 Å². The molecule has 3 heterocycles. The van der Waals surface area contributed by atoms with Crippen LogP contribution in [0.15, 0.2) is 23.8 Å². The van der Waals surface area contributed by atoms with Gasteiger partial charge >= 0.3 is 6.03 Å². The zero-order valence-electron chi connectivity index (χ0n) is 13.6. The third kappa shape index (κ3) is 4.62. The molecule has 0 bridgehead atoms. The topological polar surface area (TPSA) is 86.3 Å². The summed E-state index contributed by atoms with van der Waals surface area (Å²) in [5, 5.41) is 8.15. The number of nitrogens with zero attached hydrogens (tertiary/aromatic N) is 5. The molecule has 0 radical (unpaired) electrons. The van der Waals surface area contributed by atoms with E-state index in [1.54, 1.807) is 12.4 Å². The summed E-state index contributed by atoms with van der Waals surface area (Å²) in [6.45, 7) is 7.01. The van der Waals surface area contributed by atoms with Crippen LogP contribution in [0.2, 0.25) is 0 Å². The van der Waals surface area contributed by atoms with Crippen LogP contribution in [0.25, 0.3) is 0 Å². The van der Waals surface area contributed by atoms with Gasteiger partial charge in [-0.15, -0.1) is 11.3 Å². The van der Waals surface area contributed by atoms with Gasteiger partial charge in [0.2, 0.25) is 5.95 Å². The van der Waals surface area contributed by atoms with E-state index in [1.807, 2.05) is 18.4 Å². The van der Waals surface area contributed by atoms with E-state index in [9.17, 15) is 4.79 Å². The molecule has 1 aliphatic rings. The van der Waals surface area contributed by atoms with Gasteiger partial charge in [0.05, 0.1) is 5.69 Å². The summed E-state index contributed by atoms with van der Waals surface area (Å²) in [6, 6.07) is 1.62. The number of nitrogens with one attached hydrogen (secondary N) is 2. The lowest BCUT2D eigenvalue weighted by atomic mass is 10.3. The summed E-state index contributed by atoms with van der Waals surface area (Å²) >= 11 is 1.43. The van der Waals surface area contributed by atoms with Crippen LogP contribution in [0, 0.1) is 6.92 Å². The monoisotopic (exact) mass is 347 g/mol. The molecule has 0 spiro atoms. The van der Waals surface area contributed by atoms with E-state index in [0.717, 1.165) is 44.4 Å². The summed E-state index contributed by atoms with van der Waals surface area (Å²) in [4.78, 5) is 29.1. The Balaban J connectivity index is 1.34. The summed E-state index contributed by atoms with van der Waals surface area (Å²) < 4.78 is 0. The van der Waals surface area contributed by atoms with Gasteiger partial charge < -0.3 is 10.2 Å². The molecule has 2 aromatic rings. The Morgan fingerprint density at radius 2 is 2.00 bits per heavy atom. The molecular formula is C15H21N7OS. The number of carbonyl (C=O) groups is 1. The number of urea groups is 1. The summed E-state index contributed by atoms with van der Waals surface area (Å²) in [5.74, 6) is 0.786. The molecule has 128 valence electrons. The first kappa shape index (κ1) is 16.6. The van der Waals surface area contributed by atoms with Crippen molar-refractivity contribution in [1.82, 2.24) is 25.2 Å². The second-order valence-corrected chi connectivity index (χ2v) is 6.41. The van der Waals surface area contributed by atoms with Gasteiger partial charge in [0.1, 0.15) is 0 Å². The number of hydrogen-bond acceptors (Lipinski definition) is 7. The predicted octanol–water partition coefficient (Wildman–Crippen LogP) is 1.19. The van der Waals surface area contributed by atoms with Crippen molar-refractivity contribution in [2.24, 2.45) is 0 Å². The first-order valence-electron chi connectivity index (χ1n) is 7.92. The number of carbonyl (C=O) groups excluding carboxylic acids is 1. The average Bonchev–Trinajstić information content (AvgIpc) is 3.01. The van der Waals surface area contributed by atoms with Crippen molar-refractivity contribution < 1.29 is 4.79 Å². The van der Waals surface area contributed by atoms with E-state index in [-0.39, 0.29) is 6.03 Å². The molecular weight excluding hydrogens is 326 g/mol. The van der Waals surface area contributed by atoms with Gasteiger partial charge in [0.15, 0.2) is 5.13 Å². The fourth-order valence-corrected chi connectivity index (χ4v) is 3.19. The molecule has 24 heavy (non-hydrogen) atoms. The lowest BCUT2D eigenvalue weighted by molar-refractivity contribution is 0.240. The zero-order valence-corrected chi connectivity index (χ0v) is 14.4. The number of aryl methyl sites for hydroxylation is 1. The number of amides is 2. The van der Waals surface area contributed by atoms with Crippen LogP contribution < -0.4 is 15.5 Å². The Morgan fingerprint density at radius 1 is 1.25 bits per heavy atom. The van der Waals surface area contributed by atoms with Crippen LogP contribution in [0.1, 0.15) is 5.69 Å². The number of anilines is 2. The normalized spacial score (nSPS) is 15.3. The van der Waals surface area contributed by atoms with Crippen LogP contribution in [0.3, 0.4) is 0 Å². The third-order valence-corrected chi connectivity index (χ3v) is 4.64. The van der Waals surface area contributed by atoms with Gasteiger partial charge in [-0.25, -0.2) is 19.7 Å². The minimum atomic E-state index is -0.208. The minimum Gasteiger partial charge on any atom is -0.338 e. The Hall–Kier alpha value is -2.26. The standard InChI is InChI=1S/C15H21N7OS/c1-12-11-24-15(19-12)20-14(23)18-5-6-21-7-9-22(10-8-21)13-16-3-2-4-17-13/h2-4,11H,5-10H2,1H3,(H2,18,19,20,23). The van der Waals surface area contributed by atoms with E-state index >= 15 is 0 Å². The van der Waals surface area contributed by atoms with E-state index in [4.69, 9.17) is 0 Å². The van der Waals surface area contributed by atoms with Gasteiger partial charge in [-0.05, 0) is 13.0 Å². The van der Waals surface area contributed by atoms with E-state index < -0.39 is 0 Å². The first-order valence-corrected chi connectivity index (χ1v) is 8.80. The lowest BCUT2D eigenvalue weighted by Gasteiger charge is -2.34. The van der Waals surface area contributed by atoms with Crippen molar-refractivity contribution in [3.8, 4) is 0 Å². The molecule has 0 unspecified atom stereocenters. The highest BCUT2D eigenvalue weighted by atomic mass is 32.1. The molecule has 0 atom stereocenters. The summed E-state index contributed by atoms with van der Waals surface area (Å²) in [6.07, 6.45) is 3.53. The van der Waals surface area contributed by atoms with E-state index in [0.29, 0.717) is 11.7 Å². The molecule has 1 fully saturated rings. The van der Waals surface area contributed by atoms with Gasteiger partial charge in [-0.1, -0.05) is 0 Å². The quantitative estimate of drug-likeness (QED) is 0.845. The molecule has 3 rings (SSSR count). The summed E-state index contributed by atoms with van der Waals surface area (Å²) in [7, 11) is 0. The van der Waals surface area contributed by atoms with Crippen molar-refractivity contribution in [1.29, 1.82) is 0 Å². The first-order chi connectivity index (χ1) is 11.7. The Bertz CT molecular complexity index is 655. The second kappa shape index (κ2) is 8.02. The largest absolute Gasteiger partial charge is 0.338 e. The number of rotatable bonds is 5. The number of hydrogen-bond donors (Lipinski definition) is 2. The number of piperazine rings is 1. The van der Waals surface area contributed by atoms with E-state index in [1.165, 1.54) is 11.3 Å². The smallest absolute Gasteiger partial charge is 0.321 e.